The first-order chi connectivity index (χ1) is 9.56. The number of hydrogen-bond donors (Lipinski definition) is 3. The van der Waals surface area contributed by atoms with Gasteiger partial charge in [0.05, 0.1) is 5.69 Å². The van der Waals surface area contributed by atoms with Crippen LogP contribution in [0.2, 0.25) is 0 Å². The average Bonchev–Trinajstić information content (AvgIpc) is 2.40. The zero-order chi connectivity index (χ0) is 15.0. The molecule has 0 spiro atoms. The first-order valence-corrected chi connectivity index (χ1v) is 6.67. The van der Waals surface area contributed by atoms with Crippen LogP contribution >= 0.6 is 0 Å². The molecule has 0 aliphatic rings. The number of nitrogens with one attached hydrogen (secondary N) is 2. The maximum Gasteiger partial charge on any atom is 0.319 e. The molecule has 0 saturated carbocycles. The number of amides is 2. The summed E-state index contributed by atoms with van der Waals surface area (Å²) in [6.07, 6.45) is 2.46. The van der Waals surface area contributed by atoms with Gasteiger partial charge in [-0.05, 0) is 30.9 Å². The SMILES string of the molecule is CCCC(CCO)CNC(=O)Nc1ccc(F)cc1F. The highest BCUT2D eigenvalue weighted by atomic mass is 19.1. The minimum Gasteiger partial charge on any atom is -0.396 e. The van der Waals surface area contributed by atoms with Crippen molar-refractivity contribution >= 4 is 11.7 Å². The van der Waals surface area contributed by atoms with Crippen LogP contribution in [0, 0.1) is 17.6 Å². The Bertz CT molecular complexity index is 435. The van der Waals surface area contributed by atoms with Crippen LogP contribution in [0.1, 0.15) is 26.2 Å². The molecule has 2 amide bonds. The quantitative estimate of drug-likeness (QED) is 0.721. The van der Waals surface area contributed by atoms with E-state index in [0.29, 0.717) is 19.0 Å². The number of rotatable bonds is 7. The molecule has 3 N–H and O–H groups in total. The Labute approximate surface area is 117 Å². The molecule has 20 heavy (non-hydrogen) atoms. The number of carbonyl (C=O) groups is 1. The Morgan fingerprint density at radius 3 is 2.70 bits per heavy atom. The topological polar surface area (TPSA) is 61.4 Å². The van der Waals surface area contributed by atoms with Crippen molar-refractivity contribution in [2.24, 2.45) is 5.92 Å². The Kier molecular flexibility index (Phi) is 6.93. The van der Waals surface area contributed by atoms with Gasteiger partial charge in [0.1, 0.15) is 11.6 Å². The molecule has 0 heterocycles. The minimum absolute atomic E-state index is 0.0700. The van der Waals surface area contributed by atoms with E-state index in [-0.39, 0.29) is 18.2 Å². The molecule has 0 aromatic heterocycles. The molecule has 1 aromatic carbocycles. The largest absolute Gasteiger partial charge is 0.396 e. The summed E-state index contributed by atoms with van der Waals surface area (Å²) >= 11 is 0. The van der Waals surface area contributed by atoms with Crippen molar-refractivity contribution in [3.8, 4) is 0 Å². The van der Waals surface area contributed by atoms with Crippen molar-refractivity contribution in [3.05, 3.63) is 29.8 Å². The van der Waals surface area contributed by atoms with E-state index in [1.54, 1.807) is 0 Å². The van der Waals surface area contributed by atoms with Gasteiger partial charge in [0.2, 0.25) is 0 Å². The smallest absolute Gasteiger partial charge is 0.319 e. The normalized spacial score (nSPS) is 12.0. The van der Waals surface area contributed by atoms with Gasteiger partial charge in [0.15, 0.2) is 0 Å². The van der Waals surface area contributed by atoms with Crippen LogP contribution in [0.25, 0.3) is 0 Å². The second kappa shape index (κ2) is 8.47. The van der Waals surface area contributed by atoms with E-state index in [4.69, 9.17) is 5.11 Å². The maximum atomic E-state index is 13.3. The fourth-order valence-corrected chi connectivity index (χ4v) is 1.93. The molecule has 1 unspecified atom stereocenters. The van der Waals surface area contributed by atoms with E-state index >= 15 is 0 Å². The van der Waals surface area contributed by atoms with Gasteiger partial charge in [0, 0.05) is 19.2 Å². The molecular formula is C14H20F2N2O2. The van der Waals surface area contributed by atoms with Crippen LogP contribution in [0.3, 0.4) is 0 Å². The summed E-state index contributed by atoms with van der Waals surface area (Å²) in [5, 5.41) is 13.9. The second-order valence-electron chi connectivity index (χ2n) is 4.63. The lowest BCUT2D eigenvalue weighted by Crippen LogP contribution is -2.33. The summed E-state index contributed by atoms with van der Waals surface area (Å²) < 4.78 is 26.1. The van der Waals surface area contributed by atoms with Crippen molar-refractivity contribution in [2.45, 2.75) is 26.2 Å². The van der Waals surface area contributed by atoms with Gasteiger partial charge in [-0.2, -0.15) is 0 Å². The van der Waals surface area contributed by atoms with E-state index in [0.717, 1.165) is 18.9 Å². The summed E-state index contributed by atoms with van der Waals surface area (Å²) in [5.74, 6) is -1.33. The van der Waals surface area contributed by atoms with E-state index < -0.39 is 17.7 Å². The van der Waals surface area contributed by atoms with Crippen molar-refractivity contribution in [2.75, 3.05) is 18.5 Å². The molecule has 6 heteroatoms. The Morgan fingerprint density at radius 1 is 1.35 bits per heavy atom. The first kappa shape index (κ1) is 16.4. The van der Waals surface area contributed by atoms with Gasteiger partial charge in [0.25, 0.3) is 0 Å². The Morgan fingerprint density at radius 2 is 2.10 bits per heavy atom. The fraction of sp³-hybridized carbons (Fsp3) is 0.500. The lowest BCUT2D eigenvalue weighted by Gasteiger charge is -2.16. The molecule has 4 nitrogen and oxygen atoms in total. The van der Waals surface area contributed by atoms with Crippen LogP contribution in [-0.2, 0) is 0 Å². The van der Waals surface area contributed by atoms with Gasteiger partial charge in [-0.3, -0.25) is 0 Å². The average molecular weight is 286 g/mol. The summed E-state index contributed by atoms with van der Waals surface area (Å²) in [6, 6.07) is 2.40. The molecule has 1 aromatic rings. The highest BCUT2D eigenvalue weighted by molar-refractivity contribution is 5.89. The minimum atomic E-state index is -0.819. The Balaban J connectivity index is 2.46. The van der Waals surface area contributed by atoms with Crippen LogP contribution < -0.4 is 10.6 Å². The number of urea groups is 1. The highest BCUT2D eigenvalue weighted by Crippen LogP contribution is 2.15. The van der Waals surface area contributed by atoms with Crippen molar-refractivity contribution in [3.63, 3.8) is 0 Å². The van der Waals surface area contributed by atoms with Crippen molar-refractivity contribution < 1.29 is 18.7 Å². The van der Waals surface area contributed by atoms with Crippen LogP contribution in [0.4, 0.5) is 19.3 Å². The number of hydrogen-bond acceptors (Lipinski definition) is 2. The summed E-state index contributed by atoms with van der Waals surface area (Å²) in [4.78, 5) is 11.6. The van der Waals surface area contributed by atoms with E-state index in [9.17, 15) is 13.6 Å². The van der Waals surface area contributed by atoms with Crippen molar-refractivity contribution in [1.29, 1.82) is 0 Å². The van der Waals surface area contributed by atoms with Crippen LogP contribution in [-0.4, -0.2) is 24.3 Å². The predicted octanol–water partition coefficient (Wildman–Crippen LogP) is 2.89. The predicted molar refractivity (Wildman–Crippen MR) is 73.5 cm³/mol. The highest BCUT2D eigenvalue weighted by Gasteiger charge is 2.11. The zero-order valence-corrected chi connectivity index (χ0v) is 11.5. The summed E-state index contributed by atoms with van der Waals surface area (Å²) in [7, 11) is 0. The van der Waals surface area contributed by atoms with Crippen molar-refractivity contribution in [1.82, 2.24) is 5.32 Å². The number of carbonyl (C=O) groups excluding carboxylic acids is 1. The lowest BCUT2D eigenvalue weighted by molar-refractivity contribution is 0.236. The third-order valence-electron chi connectivity index (χ3n) is 2.96. The summed E-state index contributed by atoms with van der Waals surface area (Å²) in [5.41, 5.74) is -0.0712. The van der Waals surface area contributed by atoms with E-state index in [2.05, 4.69) is 10.6 Å². The number of halogens is 2. The summed E-state index contributed by atoms with van der Waals surface area (Å²) in [6.45, 7) is 2.50. The van der Waals surface area contributed by atoms with E-state index in [1.165, 1.54) is 6.07 Å². The molecule has 0 bridgehead atoms. The van der Waals surface area contributed by atoms with Gasteiger partial charge >= 0.3 is 6.03 Å². The monoisotopic (exact) mass is 286 g/mol. The Hall–Kier alpha value is -1.69. The maximum absolute atomic E-state index is 13.3. The number of anilines is 1. The van der Waals surface area contributed by atoms with Gasteiger partial charge in [-0.25, -0.2) is 13.6 Å². The molecule has 1 rings (SSSR count). The third-order valence-corrected chi connectivity index (χ3v) is 2.96. The lowest BCUT2D eigenvalue weighted by atomic mass is 10.0. The second-order valence-corrected chi connectivity index (χ2v) is 4.63. The number of aliphatic hydroxyl groups is 1. The number of benzene rings is 1. The van der Waals surface area contributed by atoms with Gasteiger partial charge < -0.3 is 15.7 Å². The standard InChI is InChI=1S/C14H20F2N2O2/c1-2-3-10(6-7-19)9-17-14(20)18-13-5-4-11(15)8-12(13)16/h4-5,8,10,19H,2-3,6-7,9H2,1H3,(H2,17,18,20). The molecule has 1 atom stereocenters. The van der Waals surface area contributed by atoms with Gasteiger partial charge in [-0.1, -0.05) is 13.3 Å². The fourth-order valence-electron chi connectivity index (χ4n) is 1.93. The van der Waals surface area contributed by atoms with Crippen LogP contribution in [0.15, 0.2) is 18.2 Å². The molecule has 0 fully saturated rings. The zero-order valence-electron chi connectivity index (χ0n) is 11.5. The first-order valence-electron chi connectivity index (χ1n) is 6.67. The number of aliphatic hydroxyl groups excluding tert-OH is 1. The van der Waals surface area contributed by atoms with Gasteiger partial charge in [-0.15, -0.1) is 0 Å². The molecule has 0 aliphatic heterocycles. The molecular weight excluding hydrogens is 266 g/mol. The van der Waals surface area contributed by atoms with E-state index in [1.807, 2.05) is 6.92 Å². The molecule has 0 radical (unpaired) electrons. The van der Waals surface area contributed by atoms with Crippen LogP contribution in [0.5, 0.6) is 0 Å². The molecule has 0 aliphatic carbocycles. The third kappa shape index (κ3) is 5.52. The molecule has 0 saturated heterocycles. The molecule has 112 valence electrons.